The molecule has 1 amide bonds. The van der Waals surface area contributed by atoms with Crippen LogP contribution in [0.2, 0.25) is 5.02 Å². The van der Waals surface area contributed by atoms with Crippen LogP contribution in [0.15, 0.2) is 23.8 Å². The van der Waals surface area contributed by atoms with Gasteiger partial charge in [-0.3, -0.25) is 9.59 Å². The van der Waals surface area contributed by atoms with Crippen LogP contribution in [-0.4, -0.2) is 55.3 Å². The molecule has 2 aliphatic heterocycles. The topological polar surface area (TPSA) is 76.1 Å². The summed E-state index contributed by atoms with van der Waals surface area (Å²) in [5.41, 5.74) is 0.197. The van der Waals surface area contributed by atoms with Crippen LogP contribution in [0.5, 0.6) is 5.75 Å². The molecule has 1 N–H and O–H groups in total. The van der Waals surface area contributed by atoms with Crippen LogP contribution >= 0.6 is 11.6 Å². The fourth-order valence-electron chi connectivity index (χ4n) is 3.15. The van der Waals surface area contributed by atoms with Crippen LogP contribution in [0, 0.1) is 5.41 Å². The van der Waals surface area contributed by atoms with E-state index in [9.17, 15) is 14.7 Å². The SMILES string of the molecule is COCC1(C(=O)O)CCN(C(=O)C2=Cc3cc(Cl)ccc3OC2)C1. The molecule has 24 heavy (non-hydrogen) atoms. The number of halogens is 1. The number of carboxylic acid groups (broad SMARTS) is 1. The van der Waals surface area contributed by atoms with Gasteiger partial charge in [0.2, 0.25) is 0 Å². The number of likely N-dealkylation sites (tertiary alicyclic amines) is 1. The van der Waals surface area contributed by atoms with E-state index >= 15 is 0 Å². The minimum absolute atomic E-state index is 0.0834. The van der Waals surface area contributed by atoms with Crippen molar-refractivity contribution in [3.8, 4) is 5.75 Å². The standard InChI is InChI=1S/C17H18ClNO5/c1-23-10-17(16(21)22)4-5-19(9-17)15(20)12-6-11-7-13(18)2-3-14(11)24-8-12/h2-3,6-7H,4-5,8-10H2,1H3,(H,21,22). The van der Waals surface area contributed by atoms with Crippen molar-refractivity contribution in [1.29, 1.82) is 0 Å². The number of nitrogens with zero attached hydrogens (tertiary/aromatic N) is 1. The first-order valence-electron chi connectivity index (χ1n) is 7.60. The lowest BCUT2D eigenvalue weighted by Crippen LogP contribution is -2.41. The molecule has 1 aromatic rings. The van der Waals surface area contributed by atoms with Crippen LogP contribution in [0.25, 0.3) is 6.08 Å². The molecule has 0 aromatic heterocycles. The Labute approximate surface area is 144 Å². The van der Waals surface area contributed by atoms with Crippen LogP contribution < -0.4 is 4.74 Å². The van der Waals surface area contributed by atoms with E-state index in [1.807, 2.05) is 0 Å². The molecule has 0 radical (unpaired) electrons. The van der Waals surface area contributed by atoms with E-state index in [1.165, 1.54) is 7.11 Å². The van der Waals surface area contributed by atoms with Crippen LogP contribution in [0.3, 0.4) is 0 Å². The molecule has 3 rings (SSSR count). The average Bonchev–Trinajstić information content (AvgIpc) is 2.99. The van der Waals surface area contributed by atoms with E-state index in [2.05, 4.69) is 0 Å². The van der Waals surface area contributed by atoms with Crippen LogP contribution in [0.4, 0.5) is 0 Å². The van der Waals surface area contributed by atoms with E-state index < -0.39 is 11.4 Å². The third kappa shape index (κ3) is 2.99. The molecule has 6 nitrogen and oxygen atoms in total. The van der Waals surface area contributed by atoms with Crippen molar-refractivity contribution < 1.29 is 24.2 Å². The van der Waals surface area contributed by atoms with Crippen molar-refractivity contribution in [3.05, 3.63) is 34.4 Å². The quantitative estimate of drug-likeness (QED) is 0.898. The fourth-order valence-corrected chi connectivity index (χ4v) is 3.33. The van der Waals surface area contributed by atoms with Crippen molar-refractivity contribution in [2.24, 2.45) is 5.41 Å². The van der Waals surface area contributed by atoms with Gasteiger partial charge in [0.1, 0.15) is 17.8 Å². The second-order valence-electron chi connectivity index (χ2n) is 6.14. The van der Waals surface area contributed by atoms with Crippen molar-refractivity contribution >= 4 is 29.6 Å². The van der Waals surface area contributed by atoms with Crippen molar-refractivity contribution in [2.45, 2.75) is 6.42 Å². The van der Waals surface area contributed by atoms with Crippen molar-refractivity contribution in [3.63, 3.8) is 0 Å². The Kier molecular flexibility index (Phi) is 4.51. The average molecular weight is 352 g/mol. The summed E-state index contributed by atoms with van der Waals surface area (Å²) >= 11 is 5.98. The first-order valence-corrected chi connectivity index (χ1v) is 7.97. The summed E-state index contributed by atoms with van der Waals surface area (Å²) in [7, 11) is 1.47. The molecule has 2 heterocycles. The first-order chi connectivity index (χ1) is 11.4. The van der Waals surface area contributed by atoms with Gasteiger partial charge in [-0.2, -0.15) is 0 Å². The highest BCUT2D eigenvalue weighted by molar-refractivity contribution is 6.30. The van der Waals surface area contributed by atoms with Gasteiger partial charge in [0.05, 0.1) is 12.2 Å². The largest absolute Gasteiger partial charge is 0.488 e. The predicted octanol–water partition coefficient (Wildman–Crippen LogP) is 2.07. The number of rotatable bonds is 4. The third-order valence-corrected chi connectivity index (χ3v) is 4.71. The highest BCUT2D eigenvalue weighted by Crippen LogP contribution is 2.34. The summed E-state index contributed by atoms with van der Waals surface area (Å²) < 4.78 is 10.7. The number of fused-ring (bicyclic) bond motifs is 1. The highest BCUT2D eigenvalue weighted by atomic mass is 35.5. The summed E-state index contributed by atoms with van der Waals surface area (Å²) in [4.78, 5) is 25.9. The number of carboxylic acids is 1. The third-order valence-electron chi connectivity index (χ3n) is 4.47. The summed E-state index contributed by atoms with van der Waals surface area (Å²) in [5.74, 6) is -0.470. The number of methoxy groups -OCH3 is 1. The molecule has 0 saturated carbocycles. The number of ether oxygens (including phenoxy) is 2. The molecule has 0 aliphatic carbocycles. The number of hydrogen-bond acceptors (Lipinski definition) is 4. The lowest BCUT2D eigenvalue weighted by molar-refractivity contribution is -0.151. The predicted molar refractivity (Wildman–Crippen MR) is 88.1 cm³/mol. The minimum atomic E-state index is -1.04. The number of amides is 1. The molecule has 1 saturated heterocycles. The Hall–Kier alpha value is -2.05. The second-order valence-corrected chi connectivity index (χ2v) is 6.57. The van der Waals surface area contributed by atoms with E-state index in [-0.39, 0.29) is 25.7 Å². The number of carbonyl (C=O) groups excluding carboxylic acids is 1. The maximum absolute atomic E-state index is 12.7. The molecule has 1 fully saturated rings. The van der Waals surface area contributed by atoms with Crippen LogP contribution in [-0.2, 0) is 14.3 Å². The molecule has 1 atom stereocenters. The lowest BCUT2D eigenvalue weighted by Gasteiger charge is -2.25. The van der Waals surface area contributed by atoms with E-state index in [0.29, 0.717) is 29.3 Å². The molecule has 128 valence electrons. The molecule has 0 bridgehead atoms. The Balaban J connectivity index is 1.80. The number of hydrogen-bond donors (Lipinski definition) is 1. The zero-order valence-electron chi connectivity index (χ0n) is 13.3. The monoisotopic (exact) mass is 351 g/mol. The number of benzene rings is 1. The Morgan fingerprint density at radius 2 is 2.25 bits per heavy atom. The van der Waals surface area contributed by atoms with Gasteiger partial charge < -0.3 is 19.5 Å². The van der Waals surface area contributed by atoms with E-state index in [1.54, 1.807) is 29.2 Å². The van der Waals surface area contributed by atoms with Gasteiger partial charge in [-0.1, -0.05) is 11.6 Å². The second kappa shape index (κ2) is 6.45. The van der Waals surface area contributed by atoms with Gasteiger partial charge in [0.25, 0.3) is 5.91 Å². The molecular formula is C17H18ClNO5. The fraction of sp³-hybridized carbons (Fsp3) is 0.412. The minimum Gasteiger partial charge on any atom is -0.488 e. The van der Waals surface area contributed by atoms with Crippen molar-refractivity contribution in [2.75, 3.05) is 33.4 Å². The number of aliphatic carboxylic acids is 1. The first kappa shape index (κ1) is 16.8. The highest BCUT2D eigenvalue weighted by Gasteiger charge is 2.46. The Morgan fingerprint density at radius 1 is 1.46 bits per heavy atom. The molecule has 2 aliphatic rings. The summed E-state index contributed by atoms with van der Waals surface area (Å²) in [6.45, 7) is 0.761. The van der Waals surface area contributed by atoms with E-state index in [4.69, 9.17) is 21.1 Å². The zero-order valence-corrected chi connectivity index (χ0v) is 14.0. The molecule has 0 spiro atoms. The normalized spacial score (nSPS) is 22.6. The molecule has 1 unspecified atom stereocenters. The van der Waals surface area contributed by atoms with Gasteiger partial charge in [0.15, 0.2) is 0 Å². The van der Waals surface area contributed by atoms with Gasteiger partial charge >= 0.3 is 5.97 Å². The molecular weight excluding hydrogens is 334 g/mol. The number of carbonyl (C=O) groups is 2. The van der Waals surface area contributed by atoms with Gasteiger partial charge in [-0.25, -0.2) is 0 Å². The van der Waals surface area contributed by atoms with Gasteiger partial charge in [0, 0.05) is 30.8 Å². The summed E-state index contributed by atoms with van der Waals surface area (Å²) in [5, 5.41) is 10.1. The Bertz CT molecular complexity index is 717. The molecule has 7 heteroatoms. The molecule has 1 aromatic carbocycles. The Morgan fingerprint density at radius 3 is 2.96 bits per heavy atom. The smallest absolute Gasteiger partial charge is 0.313 e. The van der Waals surface area contributed by atoms with E-state index in [0.717, 1.165) is 5.56 Å². The zero-order chi connectivity index (χ0) is 17.3. The van der Waals surface area contributed by atoms with Crippen molar-refractivity contribution in [1.82, 2.24) is 4.90 Å². The van der Waals surface area contributed by atoms with Gasteiger partial charge in [-0.15, -0.1) is 0 Å². The maximum Gasteiger partial charge on any atom is 0.313 e. The summed E-state index contributed by atoms with van der Waals surface area (Å²) in [6.07, 6.45) is 2.13. The van der Waals surface area contributed by atoms with Crippen LogP contribution in [0.1, 0.15) is 12.0 Å². The lowest BCUT2D eigenvalue weighted by atomic mass is 9.88. The summed E-state index contributed by atoms with van der Waals surface area (Å²) in [6, 6.07) is 5.23. The maximum atomic E-state index is 12.7. The van der Waals surface area contributed by atoms with Gasteiger partial charge in [-0.05, 0) is 30.7 Å².